The fourth-order valence-corrected chi connectivity index (χ4v) is 2.25. The van der Waals surface area contributed by atoms with Crippen LogP contribution in [0.2, 0.25) is 0 Å². The van der Waals surface area contributed by atoms with Crippen molar-refractivity contribution in [3.05, 3.63) is 29.5 Å². The molecule has 20 heavy (non-hydrogen) atoms. The molecule has 112 valence electrons. The minimum atomic E-state index is 0.907. The number of aryl methyl sites for hydroxylation is 2. The van der Waals surface area contributed by atoms with Gasteiger partial charge in [0.05, 0.1) is 6.20 Å². The Morgan fingerprint density at radius 1 is 0.850 bits per heavy atom. The first-order valence-corrected chi connectivity index (χ1v) is 8.01. The number of fused-ring (bicyclic) bond motifs is 1. The predicted octanol–water partition coefficient (Wildman–Crippen LogP) is 6.20. The number of hydrogen-bond acceptors (Lipinski definition) is 2. The summed E-state index contributed by atoms with van der Waals surface area (Å²) in [6, 6.07) is 4.12. The molecular weight excluding hydrogens is 246 g/mol. The van der Waals surface area contributed by atoms with Crippen LogP contribution in [0.5, 0.6) is 0 Å². The minimum Gasteiger partial charge on any atom is -0.356 e. The highest BCUT2D eigenvalue weighted by atomic mass is 16.5. The third-order valence-corrected chi connectivity index (χ3v) is 3.64. The molecule has 0 bridgehead atoms. The molecule has 1 aromatic carbocycles. The van der Waals surface area contributed by atoms with Gasteiger partial charge in [-0.15, -0.1) is 0 Å². The molecular formula is C18H29NO. The topological polar surface area (TPSA) is 26.0 Å². The summed E-state index contributed by atoms with van der Waals surface area (Å²) in [7, 11) is 0. The summed E-state index contributed by atoms with van der Waals surface area (Å²) in [4.78, 5) is 0. The van der Waals surface area contributed by atoms with Crippen LogP contribution < -0.4 is 0 Å². The zero-order valence-corrected chi connectivity index (χ0v) is 13.5. The van der Waals surface area contributed by atoms with Crippen LogP contribution in [0.15, 0.2) is 22.9 Å². The number of aromatic nitrogens is 1. The Bertz CT molecular complexity index is 445. The number of benzene rings is 1. The zero-order valence-electron chi connectivity index (χ0n) is 13.5. The first-order valence-electron chi connectivity index (χ1n) is 8.01. The van der Waals surface area contributed by atoms with Crippen LogP contribution in [0.4, 0.5) is 0 Å². The van der Waals surface area contributed by atoms with Crippen molar-refractivity contribution in [1.29, 1.82) is 0 Å². The lowest BCUT2D eigenvalue weighted by atomic mass is 10.1. The van der Waals surface area contributed by atoms with E-state index in [-0.39, 0.29) is 0 Å². The highest BCUT2D eigenvalue weighted by molar-refractivity contribution is 5.82. The summed E-state index contributed by atoms with van der Waals surface area (Å²) in [5.41, 5.74) is 3.26. The first-order chi connectivity index (χ1) is 9.70. The SMILES string of the molecule is CCCCCCCCC.Cc1ccc(C)c2oncc12. The van der Waals surface area contributed by atoms with E-state index in [1.54, 1.807) is 6.20 Å². The van der Waals surface area contributed by atoms with E-state index >= 15 is 0 Å². The van der Waals surface area contributed by atoms with Crippen LogP contribution in [0.1, 0.15) is 69.9 Å². The Hall–Kier alpha value is -1.31. The quantitative estimate of drug-likeness (QED) is 0.586. The Morgan fingerprint density at radius 2 is 1.40 bits per heavy atom. The van der Waals surface area contributed by atoms with Crippen molar-refractivity contribution >= 4 is 11.0 Å². The average Bonchev–Trinajstić information content (AvgIpc) is 2.94. The van der Waals surface area contributed by atoms with Gasteiger partial charge in [0.15, 0.2) is 5.58 Å². The van der Waals surface area contributed by atoms with Crippen molar-refractivity contribution in [3.8, 4) is 0 Å². The molecule has 0 N–H and O–H groups in total. The van der Waals surface area contributed by atoms with E-state index < -0.39 is 0 Å². The Labute approximate surface area is 123 Å². The molecule has 1 aromatic heterocycles. The molecule has 1 heterocycles. The lowest BCUT2D eigenvalue weighted by Gasteiger charge is -1.96. The van der Waals surface area contributed by atoms with Gasteiger partial charge in [-0.25, -0.2) is 0 Å². The second-order valence-electron chi connectivity index (χ2n) is 5.54. The molecule has 0 amide bonds. The Morgan fingerprint density at radius 3 is 1.95 bits per heavy atom. The van der Waals surface area contributed by atoms with E-state index in [4.69, 9.17) is 4.52 Å². The third kappa shape index (κ3) is 5.36. The van der Waals surface area contributed by atoms with E-state index in [0.717, 1.165) is 16.5 Å². The van der Waals surface area contributed by atoms with Gasteiger partial charge in [0, 0.05) is 5.39 Å². The second-order valence-corrected chi connectivity index (χ2v) is 5.54. The summed E-state index contributed by atoms with van der Waals surface area (Å²) in [5, 5.41) is 4.86. The maximum absolute atomic E-state index is 5.08. The van der Waals surface area contributed by atoms with E-state index in [2.05, 4.69) is 32.0 Å². The number of rotatable bonds is 6. The van der Waals surface area contributed by atoms with Crippen molar-refractivity contribution in [2.45, 2.75) is 72.6 Å². The molecule has 0 aliphatic carbocycles. The predicted molar refractivity (Wildman–Crippen MR) is 87.2 cm³/mol. The Balaban J connectivity index is 0.000000206. The molecule has 0 aliphatic rings. The van der Waals surface area contributed by atoms with Gasteiger partial charge < -0.3 is 4.52 Å². The average molecular weight is 275 g/mol. The van der Waals surface area contributed by atoms with Gasteiger partial charge in [0.1, 0.15) is 0 Å². The molecule has 2 rings (SSSR count). The van der Waals surface area contributed by atoms with E-state index in [9.17, 15) is 0 Å². The largest absolute Gasteiger partial charge is 0.356 e. The normalized spacial score (nSPS) is 10.4. The molecule has 0 radical (unpaired) electrons. The highest BCUT2D eigenvalue weighted by Gasteiger charge is 2.03. The van der Waals surface area contributed by atoms with Gasteiger partial charge in [-0.2, -0.15) is 0 Å². The summed E-state index contributed by atoms with van der Waals surface area (Å²) >= 11 is 0. The molecule has 0 spiro atoms. The monoisotopic (exact) mass is 275 g/mol. The van der Waals surface area contributed by atoms with E-state index in [1.807, 2.05) is 13.0 Å². The molecule has 0 atom stereocenters. The lowest BCUT2D eigenvalue weighted by Crippen LogP contribution is -1.76. The van der Waals surface area contributed by atoms with Crippen molar-refractivity contribution in [1.82, 2.24) is 5.16 Å². The molecule has 2 aromatic rings. The standard InChI is InChI=1S/C9H9NO.C9H20/c1-6-3-4-7(2)9-8(6)5-10-11-9;1-3-5-7-9-8-6-4-2/h3-5H,1-2H3;3-9H2,1-2H3. The number of nitrogens with zero attached hydrogens (tertiary/aromatic N) is 1. The fraction of sp³-hybridized carbons (Fsp3) is 0.611. The summed E-state index contributed by atoms with van der Waals surface area (Å²) in [6.07, 6.45) is 11.7. The van der Waals surface area contributed by atoms with E-state index in [1.165, 1.54) is 50.5 Å². The van der Waals surface area contributed by atoms with Crippen molar-refractivity contribution in [3.63, 3.8) is 0 Å². The van der Waals surface area contributed by atoms with Crippen LogP contribution in [-0.2, 0) is 0 Å². The molecule has 0 unspecified atom stereocenters. The number of hydrogen-bond donors (Lipinski definition) is 0. The van der Waals surface area contributed by atoms with Gasteiger partial charge in [0.2, 0.25) is 0 Å². The molecule has 0 aliphatic heterocycles. The molecule has 0 saturated heterocycles. The van der Waals surface area contributed by atoms with Crippen molar-refractivity contribution in [2.24, 2.45) is 0 Å². The number of unbranched alkanes of at least 4 members (excludes halogenated alkanes) is 6. The molecule has 0 saturated carbocycles. The van der Waals surface area contributed by atoms with Crippen LogP contribution >= 0.6 is 0 Å². The molecule has 0 fully saturated rings. The van der Waals surface area contributed by atoms with Gasteiger partial charge in [0.25, 0.3) is 0 Å². The summed E-state index contributed by atoms with van der Waals surface area (Å²) in [6.45, 7) is 8.60. The van der Waals surface area contributed by atoms with Gasteiger partial charge in [-0.3, -0.25) is 0 Å². The molecule has 2 heteroatoms. The van der Waals surface area contributed by atoms with Crippen LogP contribution in [0.3, 0.4) is 0 Å². The molecule has 2 nitrogen and oxygen atoms in total. The van der Waals surface area contributed by atoms with Crippen LogP contribution in [0, 0.1) is 13.8 Å². The minimum absolute atomic E-state index is 0.907. The van der Waals surface area contributed by atoms with E-state index in [0.29, 0.717) is 0 Å². The van der Waals surface area contributed by atoms with Crippen molar-refractivity contribution in [2.75, 3.05) is 0 Å². The summed E-state index contributed by atoms with van der Waals surface area (Å²) < 4.78 is 5.08. The second kappa shape index (κ2) is 9.57. The highest BCUT2D eigenvalue weighted by Crippen LogP contribution is 2.20. The van der Waals surface area contributed by atoms with Gasteiger partial charge in [-0.1, -0.05) is 76.1 Å². The van der Waals surface area contributed by atoms with Crippen LogP contribution in [-0.4, -0.2) is 5.16 Å². The maximum Gasteiger partial charge on any atom is 0.169 e. The Kier molecular flexibility index (Phi) is 8.01. The van der Waals surface area contributed by atoms with Crippen LogP contribution in [0.25, 0.3) is 11.0 Å². The summed E-state index contributed by atoms with van der Waals surface area (Å²) in [5.74, 6) is 0. The van der Waals surface area contributed by atoms with Gasteiger partial charge >= 0.3 is 0 Å². The zero-order chi connectivity index (χ0) is 14.8. The smallest absolute Gasteiger partial charge is 0.169 e. The lowest BCUT2D eigenvalue weighted by molar-refractivity contribution is 0.455. The maximum atomic E-state index is 5.08. The fourth-order valence-electron chi connectivity index (χ4n) is 2.25. The van der Waals surface area contributed by atoms with Gasteiger partial charge in [-0.05, 0) is 25.0 Å². The first kappa shape index (κ1) is 16.7. The van der Waals surface area contributed by atoms with Crippen molar-refractivity contribution < 1.29 is 4.52 Å². The third-order valence-electron chi connectivity index (χ3n) is 3.64.